The third kappa shape index (κ3) is 5.89. The molecule has 22 nitrogen and oxygen atoms in total. The fourth-order valence-corrected chi connectivity index (χ4v) is 7.92. The van der Waals surface area contributed by atoms with Gasteiger partial charge in [0.2, 0.25) is 5.95 Å². The molecule has 4 unspecified atom stereocenters. The fourth-order valence-electron chi connectivity index (χ4n) is 5.99. The molecule has 10 atom stereocenters. The highest BCUT2D eigenvalue weighted by Gasteiger charge is 2.54. The van der Waals surface area contributed by atoms with Crippen molar-refractivity contribution in [3.63, 3.8) is 0 Å². The molecule has 7 rings (SSSR count). The molecule has 0 saturated carbocycles. The molecule has 4 aromatic rings. The van der Waals surface area contributed by atoms with E-state index in [1.807, 2.05) is 0 Å². The van der Waals surface area contributed by atoms with E-state index in [2.05, 4.69) is 35.8 Å². The zero-order valence-corrected chi connectivity index (χ0v) is 26.2. The number of fused-ring (bicyclic) bond motifs is 5. The number of aliphatic hydroxyl groups is 1. The van der Waals surface area contributed by atoms with Crippen LogP contribution in [0.3, 0.4) is 0 Å². The van der Waals surface area contributed by atoms with Crippen molar-refractivity contribution in [3.8, 4) is 12.3 Å². The van der Waals surface area contributed by atoms with E-state index in [0.29, 0.717) is 0 Å². The van der Waals surface area contributed by atoms with Crippen LogP contribution in [0.5, 0.6) is 0 Å². The molecule has 3 saturated heterocycles. The lowest BCUT2D eigenvalue weighted by Crippen LogP contribution is -2.35. The van der Waals surface area contributed by atoms with E-state index in [-0.39, 0.29) is 46.9 Å². The molecule has 3 aliphatic rings. The van der Waals surface area contributed by atoms with Crippen LogP contribution >= 0.6 is 15.6 Å². The Kier molecular flexibility index (Phi) is 8.34. The van der Waals surface area contributed by atoms with Crippen LogP contribution in [0.2, 0.25) is 0 Å². The number of aromatic nitrogens is 8. The Bertz CT molecular complexity index is 2070. The van der Waals surface area contributed by atoms with Crippen molar-refractivity contribution in [1.82, 2.24) is 39.0 Å². The molecule has 0 aliphatic carbocycles. The van der Waals surface area contributed by atoms with Crippen LogP contribution in [-0.4, -0.2) is 97.7 Å². The topological polar surface area (TPSA) is 309 Å². The molecular formula is C24H28N10O12P2. The smallest absolute Gasteiger partial charge is 0.387 e. The minimum absolute atomic E-state index is 0.0952. The van der Waals surface area contributed by atoms with E-state index >= 15 is 0 Å². The summed E-state index contributed by atoms with van der Waals surface area (Å²) in [4.78, 5) is 56.8. The van der Waals surface area contributed by atoms with Crippen LogP contribution in [0.15, 0.2) is 23.8 Å². The summed E-state index contributed by atoms with van der Waals surface area (Å²) in [5.41, 5.74) is 11.2. The van der Waals surface area contributed by atoms with Crippen LogP contribution in [-0.2, 0) is 36.7 Å². The number of nitrogens with zero attached hydrogens (tertiary/aromatic N) is 7. The molecule has 2 bridgehead atoms. The maximum absolute atomic E-state index is 13.4. The van der Waals surface area contributed by atoms with Gasteiger partial charge in [0, 0.05) is 12.3 Å². The van der Waals surface area contributed by atoms with E-state index in [0.717, 1.165) is 10.9 Å². The number of H-pyrrole nitrogens is 1. The van der Waals surface area contributed by atoms with E-state index in [1.165, 1.54) is 17.2 Å². The van der Waals surface area contributed by atoms with Crippen molar-refractivity contribution in [2.24, 2.45) is 5.92 Å². The molecule has 3 aliphatic heterocycles. The average Bonchev–Trinajstić information content (AvgIpc) is 3.79. The SMILES string of the molecule is C#CCC[C@H]1C2OP(=O)(O)OC[C@H]3O[C@@H](n4cnc5c(=O)[nH]c(N)nc54)[C@@H](OP(=O)(O)OC[C@H]2O[C@H]1n1cnc2c(N)ncnc21)C3O. The van der Waals surface area contributed by atoms with Gasteiger partial charge in [0.25, 0.3) is 5.56 Å². The first-order valence-corrected chi connectivity index (χ1v) is 17.2. The zero-order chi connectivity index (χ0) is 34.0. The normalized spacial score (nSPS) is 35.9. The Morgan fingerprint density at radius 1 is 0.938 bits per heavy atom. The first-order valence-electron chi connectivity index (χ1n) is 14.2. The summed E-state index contributed by atoms with van der Waals surface area (Å²) < 4.78 is 63.2. The van der Waals surface area contributed by atoms with Gasteiger partial charge in [-0.2, -0.15) is 4.98 Å². The number of aliphatic hydroxyl groups excluding tert-OH is 1. The Morgan fingerprint density at radius 3 is 2.31 bits per heavy atom. The number of rotatable bonds is 4. The largest absolute Gasteiger partial charge is 0.472 e. The molecule has 3 fully saturated rings. The van der Waals surface area contributed by atoms with Crippen molar-refractivity contribution in [1.29, 1.82) is 0 Å². The van der Waals surface area contributed by atoms with Crippen molar-refractivity contribution >= 4 is 49.7 Å². The summed E-state index contributed by atoms with van der Waals surface area (Å²) in [6.45, 7) is -1.48. The van der Waals surface area contributed by atoms with Crippen molar-refractivity contribution in [2.75, 3.05) is 24.7 Å². The van der Waals surface area contributed by atoms with Crippen LogP contribution in [0.25, 0.3) is 22.3 Å². The van der Waals surface area contributed by atoms with E-state index < -0.39 is 83.3 Å². The number of ether oxygens (including phenoxy) is 2. The second-order valence-electron chi connectivity index (χ2n) is 11.1. The lowest BCUT2D eigenvalue weighted by atomic mass is 9.94. The summed E-state index contributed by atoms with van der Waals surface area (Å²) in [7, 11) is -10.1. The number of nitrogen functional groups attached to an aromatic ring is 2. The number of terminal acetylenes is 1. The van der Waals surface area contributed by atoms with Gasteiger partial charge in [-0.1, -0.05) is 0 Å². The lowest BCUT2D eigenvalue weighted by molar-refractivity contribution is -0.0670. The van der Waals surface area contributed by atoms with Gasteiger partial charge in [0.15, 0.2) is 28.9 Å². The zero-order valence-electron chi connectivity index (χ0n) is 24.5. The summed E-state index contributed by atoms with van der Waals surface area (Å²) in [6.07, 6.45) is -0.321. The highest BCUT2D eigenvalue weighted by molar-refractivity contribution is 7.47. The molecule has 7 heterocycles. The quantitative estimate of drug-likeness (QED) is 0.113. The molecule has 48 heavy (non-hydrogen) atoms. The number of aromatic amines is 1. The van der Waals surface area contributed by atoms with Crippen molar-refractivity contribution in [2.45, 2.75) is 55.8 Å². The van der Waals surface area contributed by atoms with Gasteiger partial charge < -0.3 is 35.8 Å². The predicted octanol–water partition coefficient (Wildman–Crippen LogP) is -0.673. The van der Waals surface area contributed by atoms with Crippen LogP contribution in [0.1, 0.15) is 25.3 Å². The minimum Gasteiger partial charge on any atom is -0.387 e. The Hall–Kier alpha value is -3.84. The second kappa shape index (κ2) is 12.2. The maximum atomic E-state index is 13.4. The second-order valence-corrected chi connectivity index (χ2v) is 13.9. The van der Waals surface area contributed by atoms with Gasteiger partial charge >= 0.3 is 15.6 Å². The van der Waals surface area contributed by atoms with Gasteiger partial charge in [-0.15, -0.1) is 12.3 Å². The molecule has 8 N–H and O–H groups in total. The average molecular weight is 710 g/mol. The number of phosphoric ester groups is 2. The predicted molar refractivity (Wildman–Crippen MR) is 159 cm³/mol. The number of hydrogen-bond acceptors (Lipinski definition) is 17. The van der Waals surface area contributed by atoms with Gasteiger partial charge in [-0.05, 0) is 6.42 Å². The molecule has 0 aromatic carbocycles. The Morgan fingerprint density at radius 2 is 1.58 bits per heavy atom. The van der Waals surface area contributed by atoms with Gasteiger partial charge in [-0.3, -0.25) is 37.0 Å². The van der Waals surface area contributed by atoms with Crippen LogP contribution < -0.4 is 17.0 Å². The Balaban J connectivity index is 1.23. The highest BCUT2D eigenvalue weighted by atomic mass is 31.2. The molecule has 0 radical (unpaired) electrons. The third-order valence-corrected chi connectivity index (χ3v) is 10.1. The maximum Gasteiger partial charge on any atom is 0.472 e. The summed E-state index contributed by atoms with van der Waals surface area (Å²) in [5.74, 6) is 1.55. The van der Waals surface area contributed by atoms with E-state index in [9.17, 15) is 28.8 Å². The van der Waals surface area contributed by atoms with Crippen LogP contribution in [0.4, 0.5) is 11.8 Å². The van der Waals surface area contributed by atoms with Gasteiger partial charge in [-0.25, -0.2) is 29.1 Å². The number of hydrogen-bond donors (Lipinski definition) is 6. The fraction of sp³-hybridized carbons (Fsp3) is 0.500. The third-order valence-electron chi connectivity index (χ3n) is 8.10. The van der Waals surface area contributed by atoms with Gasteiger partial charge in [0.05, 0.1) is 25.9 Å². The summed E-state index contributed by atoms with van der Waals surface area (Å²) >= 11 is 0. The first-order chi connectivity index (χ1) is 22.9. The monoisotopic (exact) mass is 710 g/mol. The Labute approximate surface area is 268 Å². The van der Waals surface area contributed by atoms with Crippen LogP contribution in [0, 0.1) is 18.3 Å². The van der Waals surface area contributed by atoms with E-state index in [1.54, 1.807) is 0 Å². The van der Waals surface area contributed by atoms with Crippen molar-refractivity contribution < 1.29 is 51.6 Å². The first kappa shape index (κ1) is 32.7. The standard InChI is InChI=1S/C24H28N10O12P2/c1-2-3-4-10-16-12(44-22(10)33-8-29-13-18(25)27-7-28-19(13)33)6-42-48(39,40)46-17-15(35)11(5-41-47(37,38)45-16)43-23(17)34-9-30-14-20(34)31-24(26)32-21(14)36/h1,7-12,15-17,22-23,35H,3-6H2,(H,37,38)(H,39,40)(H2,25,27,28)(H3,26,31,32,36)/t10-,11+,12+,15?,16?,17-,22+,23+/m0/s1. The molecule has 0 amide bonds. The minimum atomic E-state index is -5.09. The van der Waals surface area contributed by atoms with Crippen molar-refractivity contribution in [3.05, 3.63) is 29.3 Å². The molecule has 24 heteroatoms. The molecule has 0 spiro atoms. The van der Waals surface area contributed by atoms with Gasteiger partial charge in [0.1, 0.15) is 48.6 Å². The number of anilines is 2. The number of nitrogens with two attached hydrogens (primary N) is 2. The number of nitrogens with one attached hydrogen (secondary N) is 1. The molecular weight excluding hydrogens is 682 g/mol. The summed E-state index contributed by atoms with van der Waals surface area (Å²) in [5, 5.41) is 11.1. The summed E-state index contributed by atoms with van der Waals surface area (Å²) in [6, 6.07) is 0. The molecule has 256 valence electrons. The lowest BCUT2D eigenvalue weighted by Gasteiger charge is -2.27. The van der Waals surface area contributed by atoms with E-state index in [4.69, 9.17) is 45.5 Å². The number of imidazole rings is 2. The molecule has 4 aromatic heterocycles. The highest BCUT2D eigenvalue weighted by Crippen LogP contribution is 2.55. The number of phosphoric acid groups is 2.